The molecule has 1 atom stereocenters. The van der Waals surface area contributed by atoms with E-state index in [0.717, 1.165) is 36.2 Å². The van der Waals surface area contributed by atoms with Gasteiger partial charge in [0.25, 0.3) is 0 Å². The van der Waals surface area contributed by atoms with Crippen molar-refractivity contribution < 1.29 is 13.2 Å². The maximum Gasteiger partial charge on any atom is 0.416 e. The molecule has 1 N–H and O–H groups in total. The van der Waals surface area contributed by atoms with E-state index in [1.54, 1.807) is 12.1 Å². The molecule has 0 heterocycles. The lowest BCUT2D eigenvalue weighted by Crippen LogP contribution is -2.13. The fraction of sp³-hybridized carbons (Fsp3) is 0.294. The summed E-state index contributed by atoms with van der Waals surface area (Å²) >= 11 is 0. The molecule has 0 amide bonds. The van der Waals surface area contributed by atoms with Crippen molar-refractivity contribution in [2.45, 2.75) is 18.5 Å². The summed E-state index contributed by atoms with van der Waals surface area (Å²) in [4.78, 5) is 0. The van der Waals surface area contributed by atoms with Crippen LogP contribution in [0.4, 0.5) is 13.2 Å². The molecule has 2 rings (SSSR count). The average molecular weight is 293 g/mol. The van der Waals surface area contributed by atoms with Gasteiger partial charge >= 0.3 is 6.18 Å². The van der Waals surface area contributed by atoms with Crippen LogP contribution in [0.15, 0.2) is 54.6 Å². The molecule has 112 valence electrons. The van der Waals surface area contributed by atoms with Gasteiger partial charge in [0.15, 0.2) is 0 Å². The van der Waals surface area contributed by atoms with Gasteiger partial charge in [-0.05, 0) is 43.3 Å². The SMILES string of the molecule is CNCCC(c1ccccc1)c1ccc(C(F)(F)F)cc1. The first-order chi connectivity index (χ1) is 10.0. The largest absolute Gasteiger partial charge is 0.416 e. The Hall–Kier alpha value is -1.81. The summed E-state index contributed by atoms with van der Waals surface area (Å²) in [5, 5.41) is 3.09. The summed E-state index contributed by atoms with van der Waals surface area (Å²) in [5.41, 5.74) is 1.42. The summed E-state index contributed by atoms with van der Waals surface area (Å²) in [6.45, 7) is 0.806. The van der Waals surface area contributed by atoms with Gasteiger partial charge in [-0.1, -0.05) is 42.5 Å². The Labute approximate surface area is 122 Å². The summed E-state index contributed by atoms with van der Waals surface area (Å²) in [7, 11) is 1.87. The molecule has 4 heteroatoms. The second-order valence-corrected chi connectivity index (χ2v) is 4.98. The third kappa shape index (κ3) is 4.08. The summed E-state index contributed by atoms with van der Waals surface area (Å²) in [6.07, 6.45) is -3.45. The molecule has 0 bridgehead atoms. The Balaban J connectivity index is 2.29. The molecule has 0 saturated carbocycles. The van der Waals surface area contributed by atoms with Gasteiger partial charge in [0, 0.05) is 5.92 Å². The smallest absolute Gasteiger partial charge is 0.320 e. The minimum absolute atomic E-state index is 0.0981. The monoisotopic (exact) mass is 293 g/mol. The van der Waals surface area contributed by atoms with Crippen LogP contribution >= 0.6 is 0 Å². The minimum Gasteiger partial charge on any atom is -0.320 e. The molecule has 0 aliphatic carbocycles. The van der Waals surface area contributed by atoms with Crippen LogP contribution in [0, 0.1) is 0 Å². The second-order valence-electron chi connectivity index (χ2n) is 4.98. The van der Waals surface area contributed by atoms with Crippen LogP contribution in [0.3, 0.4) is 0 Å². The van der Waals surface area contributed by atoms with Gasteiger partial charge in [-0.3, -0.25) is 0 Å². The zero-order valence-electron chi connectivity index (χ0n) is 11.8. The molecular formula is C17H18F3N. The number of rotatable bonds is 5. The summed E-state index contributed by atoms with van der Waals surface area (Å²) in [5.74, 6) is 0.0981. The van der Waals surface area contributed by atoms with E-state index in [4.69, 9.17) is 0 Å². The van der Waals surface area contributed by atoms with E-state index < -0.39 is 11.7 Å². The standard InChI is InChI=1S/C17H18F3N/c1-21-12-11-16(13-5-3-2-4-6-13)14-7-9-15(10-8-14)17(18,19)20/h2-10,16,21H,11-12H2,1H3. The number of benzene rings is 2. The fourth-order valence-electron chi connectivity index (χ4n) is 2.40. The van der Waals surface area contributed by atoms with Crippen molar-refractivity contribution in [3.05, 3.63) is 71.3 Å². The molecule has 0 fully saturated rings. The van der Waals surface area contributed by atoms with E-state index >= 15 is 0 Å². The molecule has 0 spiro atoms. The van der Waals surface area contributed by atoms with E-state index in [1.807, 2.05) is 37.4 Å². The Morgan fingerprint density at radius 1 is 0.905 bits per heavy atom. The third-order valence-corrected chi connectivity index (χ3v) is 3.53. The van der Waals surface area contributed by atoms with E-state index in [2.05, 4.69) is 5.32 Å². The van der Waals surface area contributed by atoms with E-state index in [-0.39, 0.29) is 5.92 Å². The van der Waals surface area contributed by atoms with Crippen LogP contribution in [0.5, 0.6) is 0 Å². The van der Waals surface area contributed by atoms with Crippen LogP contribution < -0.4 is 5.32 Å². The number of nitrogens with one attached hydrogen (secondary N) is 1. The maximum atomic E-state index is 12.6. The topological polar surface area (TPSA) is 12.0 Å². The highest BCUT2D eigenvalue weighted by Gasteiger charge is 2.30. The van der Waals surface area contributed by atoms with Gasteiger partial charge < -0.3 is 5.32 Å². The number of halogens is 3. The molecule has 2 aromatic carbocycles. The molecule has 0 aliphatic heterocycles. The number of hydrogen-bond acceptors (Lipinski definition) is 1. The summed E-state index contributed by atoms with van der Waals surface area (Å²) in [6, 6.07) is 15.3. The predicted molar refractivity (Wildman–Crippen MR) is 78.3 cm³/mol. The van der Waals surface area contributed by atoms with Crippen molar-refractivity contribution in [2.24, 2.45) is 0 Å². The molecule has 0 saturated heterocycles. The minimum atomic E-state index is -4.29. The van der Waals surface area contributed by atoms with Gasteiger partial charge in [0.1, 0.15) is 0 Å². The van der Waals surface area contributed by atoms with Crippen LogP contribution in [-0.4, -0.2) is 13.6 Å². The van der Waals surface area contributed by atoms with E-state index in [1.165, 1.54) is 0 Å². The van der Waals surface area contributed by atoms with Gasteiger partial charge in [0.05, 0.1) is 5.56 Å². The number of alkyl halides is 3. The van der Waals surface area contributed by atoms with Crippen molar-refractivity contribution in [1.29, 1.82) is 0 Å². The van der Waals surface area contributed by atoms with Gasteiger partial charge in [-0.15, -0.1) is 0 Å². The van der Waals surface area contributed by atoms with Crippen molar-refractivity contribution in [3.63, 3.8) is 0 Å². The highest BCUT2D eigenvalue weighted by molar-refractivity contribution is 5.34. The Kier molecular flexibility index (Phi) is 5.02. The lowest BCUT2D eigenvalue weighted by molar-refractivity contribution is -0.137. The van der Waals surface area contributed by atoms with Gasteiger partial charge in [-0.25, -0.2) is 0 Å². The quantitative estimate of drug-likeness (QED) is 0.859. The van der Waals surface area contributed by atoms with Crippen molar-refractivity contribution in [1.82, 2.24) is 5.32 Å². The third-order valence-electron chi connectivity index (χ3n) is 3.53. The summed E-state index contributed by atoms with van der Waals surface area (Å²) < 4.78 is 37.9. The Bertz CT molecular complexity index is 546. The molecule has 1 unspecified atom stereocenters. The fourth-order valence-corrected chi connectivity index (χ4v) is 2.40. The predicted octanol–water partition coefficient (Wildman–Crippen LogP) is 4.45. The molecule has 0 radical (unpaired) electrons. The molecule has 2 aromatic rings. The highest BCUT2D eigenvalue weighted by Crippen LogP contribution is 2.32. The highest BCUT2D eigenvalue weighted by atomic mass is 19.4. The van der Waals surface area contributed by atoms with Gasteiger partial charge in [0.2, 0.25) is 0 Å². The normalized spacial score (nSPS) is 13.1. The van der Waals surface area contributed by atoms with E-state index in [0.29, 0.717) is 0 Å². The molecule has 21 heavy (non-hydrogen) atoms. The van der Waals surface area contributed by atoms with Crippen LogP contribution in [0.1, 0.15) is 29.0 Å². The first kappa shape index (κ1) is 15.6. The molecule has 0 aliphatic rings. The van der Waals surface area contributed by atoms with Crippen LogP contribution in [0.2, 0.25) is 0 Å². The maximum absolute atomic E-state index is 12.6. The molecule has 1 nitrogen and oxygen atoms in total. The second kappa shape index (κ2) is 6.76. The lowest BCUT2D eigenvalue weighted by atomic mass is 9.88. The molecular weight excluding hydrogens is 275 g/mol. The molecule has 0 aromatic heterocycles. The van der Waals surface area contributed by atoms with Crippen molar-refractivity contribution in [2.75, 3.05) is 13.6 Å². The zero-order valence-corrected chi connectivity index (χ0v) is 11.8. The average Bonchev–Trinajstić information content (AvgIpc) is 2.48. The van der Waals surface area contributed by atoms with Crippen LogP contribution in [0.25, 0.3) is 0 Å². The van der Waals surface area contributed by atoms with Gasteiger partial charge in [-0.2, -0.15) is 13.2 Å². The van der Waals surface area contributed by atoms with Crippen molar-refractivity contribution in [3.8, 4) is 0 Å². The van der Waals surface area contributed by atoms with E-state index in [9.17, 15) is 13.2 Å². The zero-order chi connectivity index (χ0) is 15.3. The first-order valence-corrected chi connectivity index (χ1v) is 6.89. The Morgan fingerprint density at radius 2 is 1.48 bits per heavy atom. The van der Waals surface area contributed by atoms with Crippen molar-refractivity contribution >= 4 is 0 Å². The number of hydrogen-bond donors (Lipinski definition) is 1. The lowest BCUT2D eigenvalue weighted by Gasteiger charge is -2.18. The van der Waals surface area contributed by atoms with Crippen LogP contribution in [-0.2, 0) is 6.18 Å². The Morgan fingerprint density at radius 3 is 2.00 bits per heavy atom. The first-order valence-electron chi connectivity index (χ1n) is 6.89.